The molecule has 0 amide bonds. The smallest absolute Gasteiger partial charge is 0.114 e. The average molecular weight is 401 g/mol. The minimum Gasteiger partial charge on any atom is -0.326 e. The van der Waals surface area contributed by atoms with Gasteiger partial charge in [0.25, 0.3) is 0 Å². The Morgan fingerprint density at radius 3 is 2.60 bits per heavy atom. The zero-order valence-electron chi connectivity index (χ0n) is 18.0. The van der Waals surface area contributed by atoms with Crippen LogP contribution in [0.1, 0.15) is 73.9 Å². The van der Waals surface area contributed by atoms with Crippen LogP contribution in [0.25, 0.3) is 11.0 Å². The lowest BCUT2D eigenvalue weighted by molar-refractivity contribution is 0.444. The van der Waals surface area contributed by atoms with Crippen LogP contribution < -0.4 is 5.32 Å². The van der Waals surface area contributed by atoms with E-state index in [9.17, 15) is 0 Å². The summed E-state index contributed by atoms with van der Waals surface area (Å²) in [4.78, 5) is 5.08. The van der Waals surface area contributed by atoms with Gasteiger partial charge in [-0.05, 0) is 67.1 Å². The molecule has 1 heterocycles. The Bertz CT molecular complexity index is 1000. The van der Waals surface area contributed by atoms with Gasteiger partial charge >= 0.3 is 0 Å². The molecule has 4 rings (SSSR count). The normalized spacial score (nSPS) is 14.8. The van der Waals surface area contributed by atoms with E-state index in [-0.39, 0.29) is 0 Å². The molecule has 1 aliphatic rings. The van der Waals surface area contributed by atoms with Gasteiger partial charge in [0.2, 0.25) is 0 Å². The van der Waals surface area contributed by atoms with Crippen LogP contribution in [0.15, 0.2) is 42.5 Å². The summed E-state index contributed by atoms with van der Waals surface area (Å²) in [5.41, 5.74) is 5.71. The first-order chi connectivity index (χ1) is 14.8. The molecule has 4 heteroatoms. The maximum atomic E-state index is 9.06. The second kappa shape index (κ2) is 9.91. The van der Waals surface area contributed by atoms with Crippen molar-refractivity contribution in [1.29, 1.82) is 5.26 Å². The number of nitrogens with one attached hydrogen (secondary N) is 1. The number of hydrogen-bond acceptors (Lipinski definition) is 3. The van der Waals surface area contributed by atoms with Crippen molar-refractivity contribution in [3.05, 3.63) is 65.0 Å². The van der Waals surface area contributed by atoms with Crippen LogP contribution in [0.2, 0.25) is 0 Å². The molecule has 0 spiro atoms. The fraction of sp³-hybridized carbons (Fsp3) is 0.462. The number of hydrogen-bond donors (Lipinski definition) is 1. The van der Waals surface area contributed by atoms with Gasteiger partial charge in [-0.2, -0.15) is 5.26 Å². The predicted octanol–water partition coefficient (Wildman–Crippen LogP) is 5.55. The molecule has 1 aromatic heterocycles. The van der Waals surface area contributed by atoms with Gasteiger partial charge in [-0.3, -0.25) is 0 Å². The van der Waals surface area contributed by atoms with Crippen molar-refractivity contribution in [1.82, 2.24) is 14.9 Å². The number of fused-ring (bicyclic) bond motifs is 1. The van der Waals surface area contributed by atoms with Gasteiger partial charge in [0, 0.05) is 19.5 Å². The topological polar surface area (TPSA) is 53.6 Å². The SMILES string of the molecule is CCCNCCn1c(Cc2ccc(C#N)cc2)nc2cc(C3CCCCC3)ccc21. The quantitative estimate of drug-likeness (QED) is 0.505. The van der Waals surface area contributed by atoms with E-state index in [4.69, 9.17) is 10.2 Å². The van der Waals surface area contributed by atoms with Gasteiger partial charge in [-0.25, -0.2) is 4.98 Å². The third kappa shape index (κ3) is 4.74. The number of imidazole rings is 1. The molecule has 1 N–H and O–H groups in total. The number of nitriles is 1. The first-order valence-electron chi connectivity index (χ1n) is 11.5. The third-order valence-corrected chi connectivity index (χ3v) is 6.31. The minimum atomic E-state index is 0.696. The Labute approximate surface area is 179 Å². The summed E-state index contributed by atoms with van der Waals surface area (Å²) in [6.07, 6.45) is 8.64. The van der Waals surface area contributed by atoms with Crippen LogP contribution in [0.4, 0.5) is 0 Å². The maximum Gasteiger partial charge on any atom is 0.114 e. The summed E-state index contributed by atoms with van der Waals surface area (Å²) < 4.78 is 2.38. The van der Waals surface area contributed by atoms with Gasteiger partial charge in [-0.1, -0.05) is 44.4 Å². The largest absolute Gasteiger partial charge is 0.326 e. The molecule has 1 saturated carbocycles. The Morgan fingerprint density at radius 2 is 1.87 bits per heavy atom. The maximum absolute atomic E-state index is 9.06. The van der Waals surface area contributed by atoms with Crippen LogP contribution in [0.3, 0.4) is 0 Å². The zero-order chi connectivity index (χ0) is 20.8. The van der Waals surface area contributed by atoms with Gasteiger partial charge < -0.3 is 9.88 Å². The van der Waals surface area contributed by atoms with Gasteiger partial charge in [0.1, 0.15) is 5.82 Å². The monoisotopic (exact) mass is 400 g/mol. The summed E-state index contributed by atoms with van der Waals surface area (Å²) in [5.74, 6) is 1.80. The molecular formula is C26H32N4. The average Bonchev–Trinajstić information content (AvgIpc) is 3.14. The lowest BCUT2D eigenvalue weighted by atomic mass is 9.84. The van der Waals surface area contributed by atoms with E-state index in [1.165, 1.54) is 48.7 Å². The first-order valence-corrected chi connectivity index (χ1v) is 11.5. The molecule has 3 aromatic rings. The number of rotatable bonds is 8. The lowest BCUT2D eigenvalue weighted by Crippen LogP contribution is -2.21. The standard InChI is InChI=1S/C26H32N4/c1-2-14-28-15-16-30-25-13-12-23(22-6-4-3-5-7-22)18-24(25)29-26(30)17-20-8-10-21(19-27)11-9-20/h8-13,18,22,28H,2-7,14-17H2,1H3. The summed E-state index contributed by atoms with van der Waals surface area (Å²) in [6, 6.07) is 17.0. The van der Waals surface area contributed by atoms with E-state index in [0.29, 0.717) is 11.5 Å². The van der Waals surface area contributed by atoms with Gasteiger partial charge in [0.15, 0.2) is 0 Å². The van der Waals surface area contributed by atoms with Crippen molar-refractivity contribution in [3.8, 4) is 6.07 Å². The molecule has 1 aliphatic carbocycles. The molecule has 0 radical (unpaired) electrons. The summed E-state index contributed by atoms with van der Waals surface area (Å²) >= 11 is 0. The van der Waals surface area contributed by atoms with Crippen LogP contribution >= 0.6 is 0 Å². The zero-order valence-corrected chi connectivity index (χ0v) is 18.0. The summed E-state index contributed by atoms with van der Waals surface area (Å²) in [5, 5.41) is 12.6. The van der Waals surface area contributed by atoms with Gasteiger partial charge in [0.05, 0.1) is 22.7 Å². The van der Waals surface area contributed by atoms with E-state index in [2.05, 4.69) is 41.1 Å². The molecule has 2 aromatic carbocycles. The van der Waals surface area contributed by atoms with Gasteiger partial charge in [-0.15, -0.1) is 0 Å². The van der Waals surface area contributed by atoms with E-state index in [1.807, 2.05) is 24.3 Å². The Morgan fingerprint density at radius 1 is 1.07 bits per heavy atom. The van der Waals surface area contributed by atoms with E-state index < -0.39 is 0 Å². The highest BCUT2D eigenvalue weighted by molar-refractivity contribution is 5.77. The molecular weight excluding hydrogens is 368 g/mol. The second-order valence-electron chi connectivity index (χ2n) is 8.50. The fourth-order valence-corrected chi connectivity index (χ4v) is 4.64. The van der Waals surface area contributed by atoms with Crippen LogP contribution in [0.5, 0.6) is 0 Å². The molecule has 0 unspecified atom stereocenters. The molecule has 156 valence electrons. The highest BCUT2D eigenvalue weighted by Crippen LogP contribution is 2.34. The van der Waals surface area contributed by atoms with Crippen LogP contribution in [-0.4, -0.2) is 22.6 Å². The molecule has 0 atom stereocenters. The van der Waals surface area contributed by atoms with E-state index in [1.54, 1.807) is 0 Å². The molecule has 0 bridgehead atoms. The first kappa shape index (κ1) is 20.6. The lowest BCUT2D eigenvalue weighted by Gasteiger charge is -2.21. The van der Waals surface area contributed by atoms with Crippen LogP contribution in [-0.2, 0) is 13.0 Å². The minimum absolute atomic E-state index is 0.696. The Balaban J connectivity index is 1.63. The Hall–Kier alpha value is -2.64. The van der Waals surface area contributed by atoms with Crippen molar-refractivity contribution in [2.24, 2.45) is 0 Å². The molecule has 1 fully saturated rings. The van der Waals surface area contributed by atoms with Crippen molar-refractivity contribution >= 4 is 11.0 Å². The van der Waals surface area contributed by atoms with Crippen molar-refractivity contribution in [3.63, 3.8) is 0 Å². The fourth-order valence-electron chi connectivity index (χ4n) is 4.64. The predicted molar refractivity (Wildman–Crippen MR) is 123 cm³/mol. The Kier molecular flexibility index (Phi) is 6.81. The van der Waals surface area contributed by atoms with Crippen molar-refractivity contribution in [2.75, 3.05) is 13.1 Å². The second-order valence-corrected chi connectivity index (χ2v) is 8.50. The highest BCUT2D eigenvalue weighted by Gasteiger charge is 2.18. The van der Waals surface area contributed by atoms with Crippen molar-refractivity contribution in [2.45, 2.75) is 64.3 Å². The third-order valence-electron chi connectivity index (χ3n) is 6.31. The van der Waals surface area contributed by atoms with E-state index in [0.717, 1.165) is 43.8 Å². The molecule has 0 saturated heterocycles. The van der Waals surface area contributed by atoms with E-state index >= 15 is 0 Å². The molecule has 30 heavy (non-hydrogen) atoms. The molecule has 4 nitrogen and oxygen atoms in total. The summed E-state index contributed by atoms with van der Waals surface area (Å²) in [7, 11) is 0. The van der Waals surface area contributed by atoms with Crippen molar-refractivity contribution < 1.29 is 0 Å². The number of nitrogens with zero attached hydrogens (tertiary/aromatic N) is 3. The highest BCUT2D eigenvalue weighted by atomic mass is 15.1. The molecule has 0 aliphatic heterocycles. The van der Waals surface area contributed by atoms with Crippen LogP contribution in [0, 0.1) is 11.3 Å². The summed E-state index contributed by atoms with van der Waals surface area (Å²) in [6.45, 7) is 5.11. The number of benzene rings is 2. The number of aromatic nitrogens is 2.